The molecular formula is C19H22FNO3. The molecule has 2 aromatic carbocycles. The number of methoxy groups -OCH3 is 1. The van der Waals surface area contributed by atoms with Crippen LogP contribution >= 0.6 is 0 Å². The van der Waals surface area contributed by atoms with Gasteiger partial charge in [-0.2, -0.15) is 0 Å². The van der Waals surface area contributed by atoms with Crippen LogP contribution in [-0.4, -0.2) is 19.1 Å². The molecule has 0 bridgehead atoms. The molecule has 0 aliphatic rings. The van der Waals surface area contributed by atoms with Gasteiger partial charge >= 0.3 is 0 Å². The third-order valence-electron chi connectivity index (χ3n) is 3.71. The van der Waals surface area contributed by atoms with Crippen molar-refractivity contribution in [3.05, 3.63) is 59.9 Å². The van der Waals surface area contributed by atoms with E-state index in [1.54, 1.807) is 37.4 Å². The van der Waals surface area contributed by atoms with E-state index in [0.29, 0.717) is 17.9 Å². The maximum Gasteiger partial charge on any atom is 0.261 e. The monoisotopic (exact) mass is 331 g/mol. The fraction of sp³-hybridized carbons (Fsp3) is 0.316. The second-order valence-electron chi connectivity index (χ2n) is 5.48. The van der Waals surface area contributed by atoms with Gasteiger partial charge in [0, 0.05) is 6.07 Å². The number of ether oxygens (including phenoxy) is 2. The molecule has 0 radical (unpaired) electrons. The van der Waals surface area contributed by atoms with Crippen LogP contribution in [0.25, 0.3) is 0 Å². The standard InChI is InChI=1S/C19H22FNO3/c1-4-18(24-17-7-5-6-16(12-17)23-3)19(22)21-13(2)14-8-10-15(20)11-9-14/h5-13,18H,4H2,1-3H3,(H,21,22)/t13-,18-/m1/s1. The molecule has 2 atom stereocenters. The average Bonchev–Trinajstić information content (AvgIpc) is 2.60. The van der Waals surface area contributed by atoms with Crippen molar-refractivity contribution in [2.24, 2.45) is 0 Å². The van der Waals surface area contributed by atoms with E-state index < -0.39 is 6.10 Å². The van der Waals surface area contributed by atoms with Crippen molar-refractivity contribution in [2.45, 2.75) is 32.4 Å². The summed E-state index contributed by atoms with van der Waals surface area (Å²) in [5, 5.41) is 2.90. The summed E-state index contributed by atoms with van der Waals surface area (Å²) >= 11 is 0. The number of halogens is 1. The van der Waals surface area contributed by atoms with E-state index in [9.17, 15) is 9.18 Å². The first-order chi connectivity index (χ1) is 11.5. The van der Waals surface area contributed by atoms with Crippen molar-refractivity contribution in [3.8, 4) is 11.5 Å². The van der Waals surface area contributed by atoms with Gasteiger partial charge in [-0.3, -0.25) is 4.79 Å². The van der Waals surface area contributed by atoms with Gasteiger partial charge in [0.25, 0.3) is 5.91 Å². The van der Waals surface area contributed by atoms with E-state index in [1.165, 1.54) is 12.1 Å². The highest BCUT2D eigenvalue weighted by atomic mass is 19.1. The molecule has 24 heavy (non-hydrogen) atoms. The summed E-state index contributed by atoms with van der Waals surface area (Å²) in [5.41, 5.74) is 0.834. The number of carbonyl (C=O) groups is 1. The van der Waals surface area contributed by atoms with Gasteiger partial charge in [-0.05, 0) is 43.2 Å². The van der Waals surface area contributed by atoms with Gasteiger partial charge < -0.3 is 14.8 Å². The Morgan fingerprint density at radius 3 is 2.46 bits per heavy atom. The molecule has 2 rings (SSSR count). The normalized spacial score (nSPS) is 13.0. The molecule has 2 aromatic rings. The van der Waals surface area contributed by atoms with Gasteiger partial charge in [-0.25, -0.2) is 4.39 Å². The van der Waals surface area contributed by atoms with Crippen molar-refractivity contribution < 1.29 is 18.7 Å². The topological polar surface area (TPSA) is 47.6 Å². The maximum atomic E-state index is 13.0. The Kier molecular flexibility index (Phi) is 6.18. The first-order valence-electron chi connectivity index (χ1n) is 7.90. The molecule has 0 aromatic heterocycles. The van der Waals surface area contributed by atoms with E-state index in [0.717, 1.165) is 5.56 Å². The number of hydrogen-bond acceptors (Lipinski definition) is 3. The Morgan fingerprint density at radius 1 is 1.17 bits per heavy atom. The van der Waals surface area contributed by atoms with Gasteiger partial charge in [0.15, 0.2) is 6.10 Å². The van der Waals surface area contributed by atoms with Gasteiger partial charge in [-0.1, -0.05) is 25.1 Å². The molecule has 0 heterocycles. The summed E-state index contributed by atoms with van der Waals surface area (Å²) in [7, 11) is 1.58. The predicted molar refractivity (Wildman–Crippen MR) is 90.7 cm³/mol. The molecule has 0 saturated carbocycles. The number of nitrogens with one attached hydrogen (secondary N) is 1. The Hall–Kier alpha value is -2.56. The molecule has 0 fully saturated rings. The summed E-state index contributed by atoms with van der Waals surface area (Å²) in [6, 6.07) is 13.0. The Balaban J connectivity index is 2.01. The van der Waals surface area contributed by atoms with Gasteiger partial charge in [0.05, 0.1) is 13.2 Å². The molecule has 1 amide bonds. The SMILES string of the molecule is CC[C@@H](Oc1cccc(OC)c1)C(=O)N[C@H](C)c1ccc(F)cc1. The van der Waals surface area contributed by atoms with E-state index >= 15 is 0 Å². The Labute approximate surface area is 141 Å². The van der Waals surface area contributed by atoms with Crippen LogP contribution in [0.2, 0.25) is 0 Å². The van der Waals surface area contributed by atoms with Gasteiger partial charge in [-0.15, -0.1) is 0 Å². The summed E-state index contributed by atoms with van der Waals surface area (Å²) < 4.78 is 23.9. The molecule has 128 valence electrons. The lowest BCUT2D eigenvalue weighted by Crippen LogP contribution is -2.39. The zero-order valence-corrected chi connectivity index (χ0v) is 14.1. The van der Waals surface area contributed by atoms with Crippen molar-refractivity contribution in [1.82, 2.24) is 5.32 Å². The molecule has 0 spiro atoms. The molecule has 1 N–H and O–H groups in total. The van der Waals surface area contributed by atoms with Crippen molar-refractivity contribution in [3.63, 3.8) is 0 Å². The summed E-state index contributed by atoms with van der Waals surface area (Å²) in [6.45, 7) is 3.73. The molecule has 5 heteroatoms. The number of carbonyl (C=O) groups excluding carboxylic acids is 1. The second kappa shape index (κ2) is 8.34. The van der Waals surface area contributed by atoms with E-state index in [4.69, 9.17) is 9.47 Å². The lowest BCUT2D eigenvalue weighted by atomic mass is 10.1. The van der Waals surface area contributed by atoms with Gasteiger partial charge in [0.2, 0.25) is 0 Å². The number of rotatable bonds is 7. The molecule has 0 saturated heterocycles. The Morgan fingerprint density at radius 2 is 1.83 bits per heavy atom. The second-order valence-corrected chi connectivity index (χ2v) is 5.48. The molecule has 4 nitrogen and oxygen atoms in total. The van der Waals surface area contributed by atoms with Crippen LogP contribution < -0.4 is 14.8 Å². The van der Waals surface area contributed by atoms with Crippen LogP contribution in [0, 0.1) is 5.82 Å². The first-order valence-corrected chi connectivity index (χ1v) is 7.90. The van der Waals surface area contributed by atoms with E-state index in [-0.39, 0.29) is 17.8 Å². The summed E-state index contributed by atoms with van der Waals surface area (Å²) in [6.07, 6.45) is -0.0841. The summed E-state index contributed by atoms with van der Waals surface area (Å²) in [4.78, 5) is 12.4. The van der Waals surface area contributed by atoms with Crippen molar-refractivity contribution in [2.75, 3.05) is 7.11 Å². The van der Waals surface area contributed by atoms with Crippen LogP contribution in [0.1, 0.15) is 31.9 Å². The lowest BCUT2D eigenvalue weighted by molar-refractivity contribution is -0.128. The third-order valence-corrected chi connectivity index (χ3v) is 3.71. The molecular weight excluding hydrogens is 309 g/mol. The largest absolute Gasteiger partial charge is 0.497 e. The van der Waals surface area contributed by atoms with Crippen LogP contribution in [0.3, 0.4) is 0 Å². The number of hydrogen-bond donors (Lipinski definition) is 1. The van der Waals surface area contributed by atoms with Crippen molar-refractivity contribution >= 4 is 5.91 Å². The molecule has 0 aliphatic carbocycles. The fourth-order valence-corrected chi connectivity index (χ4v) is 2.30. The fourth-order valence-electron chi connectivity index (χ4n) is 2.30. The van der Waals surface area contributed by atoms with Crippen LogP contribution in [0.4, 0.5) is 4.39 Å². The van der Waals surface area contributed by atoms with E-state index in [2.05, 4.69) is 5.32 Å². The molecule has 0 unspecified atom stereocenters. The average molecular weight is 331 g/mol. The smallest absolute Gasteiger partial charge is 0.261 e. The Bertz CT molecular complexity index is 673. The highest BCUT2D eigenvalue weighted by Gasteiger charge is 2.21. The minimum absolute atomic E-state index is 0.211. The van der Waals surface area contributed by atoms with Crippen LogP contribution in [0.5, 0.6) is 11.5 Å². The highest BCUT2D eigenvalue weighted by Crippen LogP contribution is 2.21. The highest BCUT2D eigenvalue weighted by molar-refractivity contribution is 5.81. The zero-order valence-electron chi connectivity index (χ0n) is 14.1. The molecule has 0 aliphatic heterocycles. The number of amides is 1. The minimum Gasteiger partial charge on any atom is -0.497 e. The van der Waals surface area contributed by atoms with Gasteiger partial charge in [0.1, 0.15) is 17.3 Å². The van der Waals surface area contributed by atoms with Crippen LogP contribution in [0.15, 0.2) is 48.5 Å². The zero-order chi connectivity index (χ0) is 17.5. The lowest BCUT2D eigenvalue weighted by Gasteiger charge is -2.21. The number of benzene rings is 2. The maximum absolute atomic E-state index is 13.0. The quantitative estimate of drug-likeness (QED) is 0.838. The first kappa shape index (κ1) is 17.8. The minimum atomic E-state index is -0.611. The predicted octanol–water partition coefficient (Wildman–Crippen LogP) is 3.87. The van der Waals surface area contributed by atoms with Crippen molar-refractivity contribution in [1.29, 1.82) is 0 Å². The third kappa shape index (κ3) is 4.72. The van der Waals surface area contributed by atoms with Crippen LogP contribution in [-0.2, 0) is 4.79 Å². The summed E-state index contributed by atoms with van der Waals surface area (Å²) in [5.74, 6) is 0.732. The van der Waals surface area contributed by atoms with E-state index in [1.807, 2.05) is 19.9 Å².